The van der Waals surface area contributed by atoms with Gasteiger partial charge in [0.1, 0.15) is 5.54 Å². The number of carbonyl (C=O) groups excluding carboxylic acids is 1. The van der Waals surface area contributed by atoms with Gasteiger partial charge in [-0.15, -0.1) is 0 Å². The third kappa shape index (κ3) is 4.61. The minimum absolute atomic E-state index is 0.266. The number of nitrogens with two attached hydrogens (primary N) is 1. The van der Waals surface area contributed by atoms with Crippen LogP contribution in [0.4, 0.5) is 0 Å². The van der Waals surface area contributed by atoms with Crippen LogP contribution in [0.25, 0.3) is 0 Å². The van der Waals surface area contributed by atoms with Crippen molar-refractivity contribution in [3.8, 4) is 0 Å². The van der Waals surface area contributed by atoms with Gasteiger partial charge >= 0.3 is 5.97 Å². The molecule has 5 heteroatoms. The Morgan fingerprint density at radius 2 is 2.29 bits per heavy atom. The van der Waals surface area contributed by atoms with Gasteiger partial charge in [-0.1, -0.05) is 0 Å². The van der Waals surface area contributed by atoms with Gasteiger partial charge < -0.3 is 20.1 Å². The normalized spacial score (nSPS) is 24.4. The van der Waals surface area contributed by atoms with Crippen LogP contribution < -0.4 is 5.73 Å². The predicted molar refractivity (Wildman–Crippen MR) is 65.7 cm³/mol. The van der Waals surface area contributed by atoms with E-state index in [2.05, 4.69) is 4.74 Å². The fourth-order valence-corrected chi connectivity index (χ4v) is 2.22. The van der Waals surface area contributed by atoms with Crippen LogP contribution in [0.2, 0.25) is 0 Å². The number of rotatable bonds is 5. The summed E-state index contributed by atoms with van der Waals surface area (Å²) in [6.07, 6.45) is 3.72. The molecule has 2 atom stereocenters. The first-order valence-corrected chi connectivity index (χ1v) is 6.13. The molecule has 0 aromatic rings. The SMILES string of the molecule is COC(=O)C(C)(N)CN(C)CC1CCCCO1. The Labute approximate surface area is 103 Å². The lowest BCUT2D eigenvalue weighted by atomic mass is 10.0. The van der Waals surface area contributed by atoms with Crippen LogP contribution in [0, 0.1) is 0 Å². The molecule has 0 saturated carbocycles. The van der Waals surface area contributed by atoms with Crippen LogP contribution in [0.5, 0.6) is 0 Å². The van der Waals surface area contributed by atoms with E-state index in [1.165, 1.54) is 13.5 Å². The van der Waals surface area contributed by atoms with Gasteiger partial charge in [0.15, 0.2) is 0 Å². The lowest BCUT2D eigenvalue weighted by molar-refractivity contribution is -0.147. The molecule has 2 N–H and O–H groups in total. The highest BCUT2D eigenvalue weighted by molar-refractivity contribution is 5.80. The Morgan fingerprint density at radius 1 is 1.59 bits per heavy atom. The van der Waals surface area contributed by atoms with E-state index in [0.29, 0.717) is 6.54 Å². The monoisotopic (exact) mass is 244 g/mol. The molecule has 0 aromatic heterocycles. The summed E-state index contributed by atoms with van der Waals surface area (Å²) in [5, 5.41) is 0. The molecule has 1 fully saturated rings. The zero-order valence-corrected chi connectivity index (χ0v) is 11.1. The Morgan fingerprint density at radius 3 is 2.82 bits per heavy atom. The van der Waals surface area contributed by atoms with Crippen molar-refractivity contribution in [2.24, 2.45) is 5.73 Å². The van der Waals surface area contributed by atoms with E-state index in [-0.39, 0.29) is 12.1 Å². The van der Waals surface area contributed by atoms with Crippen molar-refractivity contribution in [1.82, 2.24) is 4.90 Å². The Balaban J connectivity index is 2.37. The predicted octanol–water partition coefficient (Wildman–Crippen LogP) is 0.378. The lowest BCUT2D eigenvalue weighted by Gasteiger charge is -2.31. The molecule has 0 radical (unpaired) electrons. The highest BCUT2D eigenvalue weighted by Gasteiger charge is 2.31. The summed E-state index contributed by atoms with van der Waals surface area (Å²) in [5.74, 6) is -0.381. The van der Waals surface area contributed by atoms with Crippen molar-refractivity contribution in [1.29, 1.82) is 0 Å². The summed E-state index contributed by atoms with van der Waals surface area (Å²) in [5.41, 5.74) is 4.96. The molecule has 1 saturated heterocycles. The summed E-state index contributed by atoms with van der Waals surface area (Å²) in [6.45, 7) is 3.82. The van der Waals surface area contributed by atoms with Crippen molar-refractivity contribution in [2.75, 3.05) is 33.9 Å². The maximum atomic E-state index is 11.5. The summed E-state index contributed by atoms with van der Waals surface area (Å²) >= 11 is 0. The fraction of sp³-hybridized carbons (Fsp3) is 0.917. The standard InChI is InChI=1S/C12H24N2O3/c1-12(13,11(15)16-3)9-14(2)8-10-6-4-5-7-17-10/h10H,4-9,13H2,1-3H3. The minimum Gasteiger partial charge on any atom is -0.468 e. The Kier molecular flexibility index (Phi) is 5.36. The van der Waals surface area contributed by atoms with Gasteiger partial charge in [0.05, 0.1) is 13.2 Å². The Bertz CT molecular complexity index is 250. The number of nitrogens with zero attached hydrogens (tertiary/aromatic N) is 1. The average Bonchev–Trinajstić information content (AvgIpc) is 2.28. The van der Waals surface area contributed by atoms with Gasteiger partial charge in [-0.3, -0.25) is 4.79 Å². The number of methoxy groups -OCH3 is 1. The quantitative estimate of drug-likeness (QED) is 0.708. The number of likely N-dealkylation sites (N-methyl/N-ethyl adjacent to an activating group) is 1. The second-order valence-electron chi connectivity index (χ2n) is 5.09. The smallest absolute Gasteiger partial charge is 0.326 e. The molecule has 1 aliphatic rings. The molecule has 1 heterocycles. The zero-order chi connectivity index (χ0) is 12.9. The van der Waals surface area contributed by atoms with Crippen LogP contribution in [0.3, 0.4) is 0 Å². The highest BCUT2D eigenvalue weighted by atomic mass is 16.5. The van der Waals surface area contributed by atoms with Gasteiger partial charge in [-0.2, -0.15) is 0 Å². The van der Waals surface area contributed by atoms with Crippen molar-refractivity contribution >= 4 is 5.97 Å². The van der Waals surface area contributed by atoms with Gasteiger partial charge in [0.2, 0.25) is 0 Å². The highest BCUT2D eigenvalue weighted by Crippen LogP contribution is 2.14. The first kappa shape index (κ1) is 14.4. The summed E-state index contributed by atoms with van der Waals surface area (Å²) in [6, 6.07) is 0. The van der Waals surface area contributed by atoms with E-state index in [0.717, 1.165) is 26.0 Å². The number of esters is 1. The molecular weight excluding hydrogens is 220 g/mol. The van der Waals surface area contributed by atoms with Crippen LogP contribution >= 0.6 is 0 Å². The molecular formula is C12H24N2O3. The molecule has 1 rings (SSSR count). The van der Waals surface area contributed by atoms with E-state index in [1.807, 2.05) is 11.9 Å². The molecule has 0 amide bonds. The molecule has 0 bridgehead atoms. The van der Waals surface area contributed by atoms with Gasteiger partial charge in [-0.25, -0.2) is 0 Å². The third-order valence-electron chi connectivity index (χ3n) is 3.04. The van der Waals surface area contributed by atoms with Gasteiger partial charge in [-0.05, 0) is 33.2 Å². The number of hydrogen-bond acceptors (Lipinski definition) is 5. The molecule has 0 spiro atoms. The lowest BCUT2D eigenvalue weighted by Crippen LogP contribution is -2.54. The number of ether oxygens (including phenoxy) is 2. The molecule has 17 heavy (non-hydrogen) atoms. The second-order valence-corrected chi connectivity index (χ2v) is 5.09. The summed E-state index contributed by atoms with van der Waals surface area (Å²) < 4.78 is 10.3. The molecule has 1 aliphatic heterocycles. The van der Waals surface area contributed by atoms with Crippen LogP contribution in [0.15, 0.2) is 0 Å². The molecule has 0 aromatic carbocycles. The van der Waals surface area contributed by atoms with E-state index in [1.54, 1.807) is 6.92 Å². The van der Waals surface area contributed by atoms with Crippen LogP contribution in [-0.2, 0) is 14.3 Å². The largest absolute Gasteiger partial charge is 0.468 e. The van der Waals surface area contributed by atoms with Crippen LogP contribution in [-0.4, -0.2) is 56.4 Å². The first-order chi connectivity index (χ1) is 7.95. The average molecular weight is 244 g/mol. The Hall–Kier alpha value is -0.650. The number of carbonyl (C=O) groups is 1. The van der Waals surface area contributed by atoms with E-state index >= 15 is 0 Å². The van der Waals surface area contributed by atoms with E-state index in [4.69, 9.17) is 10.5 Å². The van der Waals surface area contributed by atoms with Crippen molar-refractivity contribution in [3.05, 3.63) is 0 Å². The van der Waals surface area contributed by atoms with Crippen molar-refractivity contribution < 1.29 is 14.3 Å². The fourth-order valence-electron chi connectivity index (χ4n) is 2.22. The summed E-state index contributed by atoms with van der Waals surface area (Å²) in [4.78, 5) is 13.5. The zero-order valence-electron chi connectivity index (χ0n) is 11.1. The number of hydrogen-bond donors (Lipinski definition) is 1. The maximum absolute atomic E-state index is 11.5. The van der Waals surface area contributed by atoms with Crippen LogP contribution in [0.1, 0.15) is 26.2 Å². The molecule has 2 unspecified atom stereocenters. The van der Waals surface area contributed by atoms with E-state index in [9.17, 15) is 4.79 Å². The van der Waals surface area contributed by atoms with E-state index < -0.39 is 5.54 Å². The van der Waals surface area contributed by atoms with Crippen molar-refractivity contribution in [3.63, 3.8) is 0 Å². The molecule has 0 aliphatic carbocycles. The molecule has 5 nitrogen and oxygen atoms in total. The van der Waals surface area contributed by atoms with Gasteiger partial charge in [0.25, 0.3) is 0 Å². The topological polar surface area (TPSA) is 64.8 Å². The summed E-state index contributed by atoms with van der Waals surface area (Å²) in [7, 11) is 3.31. The van der Waals surface area contributed by atoms with Crippen molar-refractivity contribution in [2.45, 2.75) is 37.8 Å². The third-order valence-corrected chi connectivity index (χ3v) is 3.04. The second kappa shape index (κ2) is 6.33. The van der Waals surface area contributed by atoms with Gasteiger partial charge in [0, 0.05) is 19.7 Å². The molecule has 100 valence electrons. The first-order valence-electron chi connectivity index (χ1n) is 6.13. The maximum Gasteiger partial charge on any atom is 0.326 e. The minimum atomic E-state index is -0.960.